The van der Waals surface area contributed by atoms with Gasteiger partial charge in [-0.3, -0.25) is 0 Å². The Morgan fingerprint density at radius 1 is 0.870 bits per heavy atom. The van der Waals surface area contributed by atoms with E-state index in [4.69, 9.17) is 4.74 Å². The van der Waals surface area contributed by atoms with Crippen LogP contribution in [0.3, 0.4) is 0 Å². The van der Waals surface area contributed by atoms with Gasteiger partial charge < -0.3 is 4.74 Å². The fourth-order valence-corrected chi connectivity index (χ4v) is 3.07. The van der Waals surface area contributed by atoms with Gasteiger partial charge in [0.2, 0.25) is 0 Å². The molecule has 0 radical (unpaired) electrons. The van der Waals surface area contributed by atoms with Crippen LogP contribution in [0.15, 0.2) is 30.3 Å². The van der Waals surface area contributed by atoms with Gasteiger partial charge in [0.25, 0.3) is 0 Å². The normalized spacial score (nSPS) is 20.3. The summed E-state index contributed by atoms with van der Waals surface area (Å²) < 4.78 is 5.67. The lowest BCUT2D eigenvalue weighted by atomic mass is 10.0. The zero-order chi connectivity index (χ0) is 16.3. The first-order valence-electron chi connectivity index (χ1n) is 9.76. The molecule has 2 atom stereocenters. The number of benzene rings is 1. The molecule has 23 heavy (non-hydrogen) atoms. The largest absolute Gasteiger partial charge is 0.365 e. The molecule has 0 bridgehead atoms. The molecule has 1 aromatic rings. The fraction of sp³-hybridized carbons (Fsp3) is 0.636. The van der Waals surface area contributed by atoms with Crippen molar-refractivity contribution in [3.63, 3.8) is 0 Å². The lowest BCUT2D eigenvalue weighted by molar-refractivity contribution is 0.375. The van der Waals surface area contributed by atoms with E-state index in [-0.39, 0.29) is 0 Å². The van der Waals surface area contributed by atoms with Gasteiger partial charge in [0.1, 0.15) is 6.10 Å². The van der Waals surface area contributed by atoms with Crippen molar-refractivity contribution < 1.29 is 4.74 Å². The summed E-state index contributed by atoms with van der Waals surface area (Å²) in [4.78, 5) is 0. The molecule has 1 heterocycles. The third-order valence-corrected chi connectivity index (χ3v) is 4.74. The topological polar surface area (TPSA) is 12.5 Å². The molecule has 0 aliphatic carbocycles. The SMILES string of the molecule is CCCCCCCCc1ccc(C=C[C@H]2O[C@@H]2CCCC)cc1. The predicted molar refractivity (Wildman–Crippen MR) is 101 cm³/mol. The van der Waals surface area contributed by atoms with E-state index >= 15 is 0 Å². The number of unbranched alkanes of at least 4 members (excludes halogenated alkanes) is 6. The van der Waals surface area contributed by atoms with Gasteiger partial charge in [-0.2, -0.15) is 0 Å². The quantitative estimate of drug-likeness (QED) is 0.314. The Bertz CT molecular complexity index is 446. The summed E-state index contributed by atoms with van der Waals surface area (Å²) in [6.07, 6.45) is 18.5. The molecule has 128 valence electrons. The Morgan fingerprint density at radius 2 is 1.57 bits per heavy atom. The monoisotopic (exact) mass is 314 g/mol. The summed E-state index contributed by atoms with van der Waals surface area (Å²) >= 11 is 0. The summed E-state index contributed by atoms with van der Waals surface area (Å²) in [6.45, 7) is 4.51. The second kappa shape index (κ2) is 10.6. The van der Waals surface area contributed by atoms with Gasteiger partial charge in [0.05, 0.1) is 6.10 Å². The van der Waals surface area contributed by atoms with E-state index in [9.17, 15) is 0 Å². The van der Waals surface area contributed by atoms with Gasteiger partial charge >= 0.3 is 0 Å². The summed E-state index contributed by atoms with van der Waals surface area (Å²) in [7, 11) is 0. The lowest BCUT2D eigenvalue weighted by Gasteiger charge is -2.02. The van der Waals surface area contributed by atoms with Crippen LogP contribution in [-0.4, -0.2) is 12.2 Å². The van der Waals surface area contributed by atoms with E-state index in [2.05, 4.69) is 50.3 Å². The Balaban J connectivity index is 1.63. The Morgan fingerprint density at radius 3 is 2.30 bits per heavy atom. The maximum atomic E-state index is 5.67. The highest BCUT2D eigenvalue weighted by Gasteiger charge is 2.35. The van der Waals surface area contributed by atoms with E-state index in [0.29, 0.717) is 12.2 Å². The van der Waals surface area contributed by atoms with Crippen LogP contribution in [-0.2, 0) is 11.2 Å². The first kappa shape index (κ1) is 18.3. The van der Waals surface area contributed by atoms with Gasteiger partial charge in [-0.1, -0.05) is 95.2 Å². The van der Waals surface area contributed by atoms with E-state index in [1.807, 2.05) is 0 Å². The molecule has 1 nitrogen and oxygen atoms in total. The number of ether oxygens (including phenoxy) is 1. The second-order valence-corrected chi connectivity index (χ2v) is 6.90. The van der Waals surface area contributed by atoms with Crippen LogP contribution in [0, 0.1) is 0 Å². The van der Waals surface area contributed by atoms with Crippen LogP contribution in [0.5, 0.6) is 0 Å². The maximum Gasteiger partial charge on any atom is 0.103 e. The van der Waals surface area contributed by atoms with Crippen LogP contribution in [0.1, 0.15) is 82.8 Å². The van der Waals surface area contributed by atoms with Gasteiger partial charge in [0.15, 0.2) is 0 Å². The van der Waals surface area contributed by atoms with E-state index in [0.717, 1.165) is 0 Å². The number of aryl methyl sites for hydroxylation is 1. The van der Waals surface area contributed by atoms with E-state index in [1.54, 1.807) is 0 Å². The molecule has 0 N–H and O–H groups in total. The zero-order valence-corrected chi connectivity index (χ0v) is 15.1. The van der Waals surface area contributed by atoms with Crippen molar-refractivity contribution in [2.24, 2.45) is 0 Å². The Hall–Kier alpha value is -1.08. The third kappa shape index (κ3) is 7.35. The smallest absolute Gasteiger partial charge is 0.103 e. The summed E-state index contributed by atoms with van der Waals surface area (Å²) in [5.74, 6) is 0. The van der Waals surface area contributed by atoms with Crippen LogP contribution in [0.25, 0.3) is 6.08 Å². The van der Waals surface area contributed by atoms with Gasteiger partial charge in [-0.25, -0.2) is 0 Å². The average molecular weight is 315 g/mol. The highest BCUT2D eigenvalue weighted by atomic mass is 16.6. The van der Waals surface area contributed by atoms with Crippen LogP contribution in [0.4, 0.5) is 0 Å². The minimum atomic E-state index is 0.365. The molecule has 0 saturated carbocycles. The van der Waals surface area contributed by atoms with E-state index in [1.165, 1.54) is 75.3 Å². The fourth-order valence-electron chi connectivity index (χ4n) is 3.07. The molecule has 1 aliphatic rings. The standard InChI is InChI=1S/C22H34O/c1-3-5-7-8-9-10-11-19-13-15-20(16-14-19)17-18-22-21(23-22)12-6-4-2/h13-18,21-22H,3-12H2,1-2H3/t21-,22-/m1/s1. The molecule has 1 aliphatic heterocycles. The van der Waals surface area contributed by atoms with Crippen molar-refractivity contribution in [3.05, 3.63) is 41.5 Å². The van der Waals surface area contributed by atoms with E-state index < -0.39 is 0 Å². The van der Waals surface area contributed by atoms with Crippen molar-refractivity contribution in [2.45, 2.75) is 90.3 Å². The van der Waals surface area contributed by atoms with Gasteiger partial charge in [-0.05, 0) is 30.4 Å². The lowest BCUT2D eigenvalue weighted by Crippen LogP contribution is -1.90. The Labute approximate surface area is 143 Å². The molecule has 1 saturated heterocycles. The van der Waals surface area contributed by atoms with Crippen molar-refractivity contribution >= 4 is 6.08 Å². The molecule has 0 amide bonds. The molecular weight excluding hydrogens is 280 g/mol. The molecule has 0 unspecified atom stereocenters. The van der Waals surface area contributed by atoms with Gasteiger partial charge in [-0.15, -0.1) is 0 Å². The van der Waals surface area contributed by atoms with Crippen LogP contribution >= 0.6 is 0 Å². The van der Waals surface area contributed by atoms with Crippen LogP contribution in [0.2, 0.25) is 0 Å². The number of hydrogen-bond donors (Lipinski definition) is 0. The average Bonchev–Trinajstić information content (AvgIpc) is 3.34. The molecule has 1 heteroatoms. The molecular formula is C22H34O. The number of epoxide rings is 1. The molecule has 0 aromatic heterocycles. The maximum absolute atomic E-state index is 5.67. The minimum absolute atomic E-state index is 0.365. The summed E-state index contributed by atoms with van der Waals surface area (Å²) in [5, 5.41) is 0. The van der Waals surface area contributed by atoms with Crippen molar-refractivity contribution in [1.29, 1.82) is 0 Å². The minimum Gasteiger partial charge on any atom is -0.365 e. The van der Waals surface area contributed by atoms with Gasteiger partial charge in [0, 0.05) is 0 Å². The van der Waals surface area contributed by atoms with Crippen molar-refractivity contribution in [1.82, 2.24) is 0 Å². The third-order valence-electron chi connectivity index (χ3n) is 4.74. The molecule has 1 fully saturated rings. The second-order valence-electron chi connectivity index (χ2n) is 6.90. The first-order chi connectivity index (χ1) is 11.3. The number of rotatable bonds is 12. The van der Waals surface area contributed by atoms with Crippen molar-refractivity contribution in [2.75, 3.05) is 0 Å². The first-order valence-corrected chi connectivity index (χ1v) is 9.76. The van der Waals surface area contributed by atoms with Crippen molar-refractivity contribution in [3.8, 4) is 0 Å². The molecule has 1 aromatic carbocycles. The zero-order valence-electron chi connectivity index (χ0n) is 15.1. The Kier molecular flexibility index (Phi) is 8.46. The highest BCUT2D eigenvalue weighted by Crippen LogP contribution is 2.28. The summed E-state index contributed by atoms with van der Waals surface area (Å²) in [6, 6.07) is 9.06. The highest BCUT2D eigenvalue weighted by molar-refractivity contribution is 5.50. The number of hydrogen-bond acceptors (Lipinski definition) is 1. The molecule has 2 rings (SSSR count). The van der Waals surface area contributed by atoms with Crippen LogP contribution < -0.4 is 0 Å². The summed E-state index contributed by atoms with van der Waals surface area (Å²) in [5.41, 5.74) is 2.77. The molecule has 0 spiro atoms. The predicted octanol–water partition coefficient (Wildman–Crippen LogP) is 6.56.